The highest BCUT2D eigenvalue weighted by atomic mass is 16.2. The fraction of sp³-hybridized carbons (Fsp3) is 0.667. The summed E-state index contributed by atoms with van der Waals surface area (Å²) < 4.78 is 0. The van der Waals surface area contributed by atoms with Crippen LogP contribution in [0.2, 0.25) is 0 Å². The number of hydrogen-bond donors (Lipinski definition) is 2. The van der Waals surface area contributed by atoms with E-state index in [2.05, 4.69) is 46.3 Å². The molecule has 0 atom stereocenters. The number of carbonyl (C=O) groups is 1. The van der Waals surface area contributed by atoms with Crippen molar-refractivity contribution in [1.82, 2.24) is 15.1 Å². The molecule has 1 saturated heterocycles. The first-order valence-electron chi connectivity index (χ1n) is 10.2. The molecule has 5 heteroatoms. The molecule has 1 aliphatic heterocycles. The van der Waals surface area contributed by atoms with Gasteiger partial charge < -0.3 is 16.0 Å². The van der Waals surface area contributed by atoms with Crippen LogP contribution in [0.1, 0.15) is 50.2 Å². The number of carbonyl (C=O) groups excluding carboxylic acids is 1. The molecule has 144 valence electrons. The molecule has 26 heavy (non-hydrogen) atoms. The number of benzene rings is 1. The van der Waals surface area contributed by atoms with Gasteiger partial charge in [0.25, 0.3) is 0 Å². The van der Waals surface area contributed by atoms with Gasteiger partial charge in [-0.15, -0.1) is 0 Å². The fourth-order valence-corrected chi connectivity index (χ4v) is 4.15. The molecule has 0 radical (unpaired) electrons. The van der Waals surface area contributed by atoms with E-state index >= 15 is 0 Å². The number of nitrogens with two attached hydrogens (primary N) is 1. The molecule has 2 aliphatic rings. The summed E-state index contributed by atoms with van der Waals surface area (Å²) in [5.41, 5.74) is 8.21. The van der Waals surface area contributed by atoms with E-state index in [0.29, 0.717) is 6.54 Å². The molecule has 3 N–H and O–H groups in total. The predicted octanol–water partition coefficient (Wildman–Crippen LogP) is 2.10. The Morgan fingerprint density at radius 2 is 1.65 bits per heavy atom. The van der Waals surface area contributed by atoms with Crippen molar-refractivity contribution in [1.29, 1.82) is 0 Å². The number of hydrogen-bond acceptors (Lipinski definition) is 4. The maximum Gasteiger partial charge on any atom is 0.240 e. The molecule has 0 aromatic heterocycles. The summed E-state index contributed by atoms with van der Waals surface area (Å²) in [6.45, 7) is 9.40. The quantitative estimate of drug-likeness (QED) is 0.818. The van der Waals surface area contributed by atoms with E-state index in [-0.39, 0.29) is 5.91 Å². The average Bonchev–Trinajstić information content (AvgIpc) is 2.68. The Morgan fingerprint density at radius 3 is 2.31 bits per heavy atom. The van der Waals surface area contributed by atoms with Crippen molar-refractivity contribution in [3.05, 3.63) is 35.4 Å². The van der Waals surface area contributed by atoms with Crippen LogP contribution in [-0.4, -0.2) is 54.0 Å². The van der Waals surface area contributed by atoms with Gasteiger partial charge in [-0.3, -0.25) is 9.69 Å². The van der Waals surface area contributed by atoms with E-state index in [1.807, 2.05) is 0 Å². The van der Waals surface area contributed by atoms with E-state index in [0.717, 1.165) is 65.0 Å². The molecule has 1 saturated carbocycles. The minimum Gasteiger partial charge on any atom is -0.350 e. The van der Waals surface area contributed by atoms with Crippen LogP contribution in [0.15, 0.2) is 24.3 Å². The first-order chi connectivity index (χ1) is 12.6. The van der Waals surface area contributed by atoms with Crippen molar-refractivity contribution in [2.24, 2.45) is 5.73 Å². The largest absolute Gasteiger partial charge is 0.350 e. The Bertz CT molecular complexity index is 589. The van der Waals surface area contributed by atoms with Crippen LogP contribution in [0, 0.1) is 0 Å². The smallest absolute Gasteiger partial charge is 0.240 e. The molecule has 1 heterocycles. The van der Waals surface area contributed by atoms with Gasteiger partial charge in [0, 0.05) is 39.3 Å². The molecule has 0 spiro atoms. The first-order valence-corrected chi connectivity index (χ1v) is 10.2. The fourth-order valence-electron chi connectivity index (χ4n) is 4.15. The van der Waals surface area contributed by atoms with Crippen LogP contribution in [-0.2, 0) is 17.9 Å². The molecule has 2 fully saturated rings. The Hall–Kier alpha value is -1.43. The van der Waals surface area contributed by atoms with Crippen LogP contribution < -0.4 is 11.1 Å². The molecule has 1 aliphatic carbocycles. The topological polar surface area (TPSA) is 61.6 Å². The van der Waals surface area contributed by atoms with Crippen molar-refractivity contribution in [2.45, 2.75) is 57.7 Å². The summed E-state index contributed by atoms with van der Waals surface area (Å²) in [5.74, 6) is 0.0172. The highest BCUT2D eigenvalue weighted by Crippen LogP contribution is 2.26. The van der Waals surface area contributed by atoms with E-state index in [9.17, 15) is 4.79 Å². The Kier molecular flexibility index (Phi) is 6.68. The normalized spacial score (nSPS) is 21.5. The van der Waals surface area contributed by atoms with Crippen LogP contribution >= 0.6 is 0 Å². The van der Waals surface area contributed by atoms with E-state index in [4.69, 9.17) is 5.73 Å². The van der Waals surface area contributed by atoms with Gasteiger partial charge >= 0.3 is 0 Å². The zero-order valence-electron chi connectivity index (χ0n) is 16.2. The van der Waals surface area contributed by atoms with Crippen molar-refractivity contribution >= 4 is 5.91 Å². The van der Waals surface area contributed by atoms with Gasteiger partial charge in [0.05, 0.1) is 5.54 Å². The van der Waals surface area contributed by atoms with Crippen molar-refractivity contribution in [2.75, 3.05) is 32.7 Å². The summed E-state index contributed by atoms with van der Waals surface area (Å²) in [4.78, 5) is 17.6. The first kappa shape index (κ1) is 19.3. The van der Waals surface area contributed by atoms with Crippen molar-refractivity contribution < 1.29 is 4.79 Å². The van der Waals surface area contributed by atoms with Crippen molar-refractivity contribution in [3.63, 3.8) is 0 Å². The highest BCUT2D eigenvalue weighted by molar-refractivity contribution is 5.86. The number of nitrogens with one attached hydrogen (secondary N) is 1. The van der Waals surface area contributed by atoms with Crippen LogP contribution in [0.4, 0.5) is 0 Å². The Morgan fingerprint density at radius 1 is 1.04 bits per heavy atom. The van der Waals surface area contributed by atoms with Gasteiger partial charge in [0.15, 0.2) is 0 Å². The lowest BCUT2D eigenvalue weighted by Crippen LogP contribution is -2.54. The third-order valence-electron chi connectivity index (χ3n) is 6.06. The second-order valence-corrected chi connectivity index (χ2v) is 7.88. The minimum atomic E-state index is -0.663. The van der Waals surface area contributed by atoms with E-state index in [1.165, 1.54) is 17.5 Å². The SMILES string of the molecule is CCN1CCN(Cc2ccccc2CNC(=O)C2(N)CCCCC2)CC1. The third-order valence-corrected chi connectivity index (χ3v) is 6.06. The van der Waals surface area contributed by atoms with Crippen LogP contribution in [0.3, 0.4) is 0 Å². The number of piperazine rings is 1. The van der Waals surface area contributed by atoms with Gasteiger partial charge in [-0.25, -0.2) is 0 Å². The zero-order chi connectivity index (χ0) is 18.4. The predicted molar refractivity (Wildman–Crippen MR) is 106 cm³/mol. The molecule has 5 nitrogen and oxygen atoms in total. The van der Waals surface area contributed by atoms with Crippen LogP contribution in [0.25, 0.3) is 0 Å². The van der Waals surface area contributed by atoms with Gasteiger partial charge in [-0.2, -0.15) is 0 Å². The lowest BCUT2D eigenvalue weighted by Gasteiger charge is -2.34. The van der Waals surface area contributed by atoms with Gasteiger partial charge in [0.2, 0.25) is 5.91 Å². The minimum absolute atomic E-state index is 0.0172. The number of amides is 1. The molecule has 1 amide bonds. The van der Waals surface area contributed by atoms with Gasteiger partial charge in [-0.1, -0.05) is 50.5 Å². The zero-order valence-corrected chi connectivity index (χ0v) is 16.2. The molecule has 0 unspecified atom stereocenters. The maximum absolute atomic E-state index is 12.6. The lowest BCUT2D eigenvalue weighted by atomic mass is 9.82. The van der Waals surface area contributed by atoms with Crippen LogP contribution in [0.5, 0.6) is 0 Å². The summed E-state index contributed by atoms with van der Waals surface area (Å²) in [6.07, 6.45) is 4.93. The molecule has 1 aromatic carbocycles. The molecular formula is C21H34N4O. The number of likely N-dealkylation sites (N-methyl/N-ethyl adjacent to an activating group) is 1. The summed E-state index contributed by atoms with van der Waals surface area (Å²) in [7, 11) is 0. The monoisotopic (exact) mass is 358 g/mol. The van der Waals surface area contributed by atoms with E-state index < -0.39 is 5.54 Å². The van der Waals surface area contributed by atoms with E-state index in [1.54, 1.807) is 0 Å². The maximum atomic E-state index is 12.6. The standard InChI is InChI=1S/C21H34N4O/c1-2-24-12-14-25(15-13-24)17-19-9-5-4-8-18(19)16-23-20(26)21(22)10-6-3-7-11-21/h4-5,8-9H,2-3,6-7,10-17,22H2,1H3,(H,23,26). The second-order valence-electron chi connectivity index (χ2n) is 7.88. The van der Waals surface area contributed by atoms with Gasteiger partial charge in [-0.05, 0) is 30.5 Å². The highest BCUT2D eigenvalue weighted by Gasteiger charge is 2.35. The molecule has 0 bridgehead atoms. The van der Waals surface area contributed by atoms with Gasteiger partial charge in [0.1, 0.15) is 0 Å². The van der Waals surface area contributed by atoms with Crippen molar-refractivity contribution in [3.8, 4) is 0 Å². The Labute approximate surface area is 157 Å². The molecular weight excluding hydrogens is 324 g/mol. The second kappa shape index (κ2) is 8.98. The summed E-state index contributed by atoms with van der Waals surface area (Å²) in [6, 6.07) is 8.46. The lowest BCUT2D eigenvalue weighted by molar-refractivity contribution is -0.127. The number of rotatable bonds is 6. The summed E-state index contributed by atoms with van der Waals surface area (Å²) >= 11 is 0. The summed E-state index contributed by atoms with van der Waals surface area (Å²) in [5, 5.41) is 3.11. The number of nitrogens with zero attached hydrogens (tertiary/aromatic N) is 2. The third kappa shape index (κ3) is 4.84. The molecule has 3 rings (SSSR count). The average molecular weight is 359 g/mol. The molecule has 1 aromatic rings. The Balaban J connectivity index is 1.56.